The highest BCUT2D eigenvalue weighted by molar-refractivity contribution is 7.90. The fourth-order valence-electron chi connectivity index (χ4n) is 2.83. The lowest BCUT2D eigenvalue weighted by molar-refractivity contribution is -0.119. The Hall–Kier alpha value is -2.93. The first-order valence-corrected chi connectivity index (χ1v) is 9.48. The highest BCUT2D eigenvalue weighted by Gasteiger charge is 2.19. The van der Waals surface area contributed by atoms with E-state index in [4.69, 9.17) is 0 Å². The first-order valence-electron chi connectivity index (χ1n) is 7.99. The van der Waals surface area contributed by atoms with Gasteiger partial charge in [-0.1, -0.05) is 30.3 Å². The SMILES string of the molecule is CC(=O)c1cccc(S(=O)(=O)NC(=O)Cn2c(C)cc3ccccc32)c1. The molecule has 1 N–H and O–H groups in total. The number of aryl methyl sites for hydroxylation is 1. The number of Topliss-reactive ketones (excluding diaryl/α,β-unsaturated/α-hetero) is 1. The van der Waals surface area contributed by atoms with Crippen molar-refractivity contribution in [2.24, 2.45) is 0 Å². The molecule has 2 aromatic carbocycles. The van der Waals surface area contributed by atoms with Crippen LogP contribution in [0.3, 0.4) is 0 Å². The minimum Gasteiger partial charge on any atom is -0.335 e. The van der Waals surface area contributed by atoms with Gasteiger partial charge in [-0.3, -0.25) is 9.59 Å². The van der Waals surface area contributed by atoms with E-state index in [0.29, 0.717) is 0 Å². The molecule has 6 nitrogen and oxygen atoms in total. The second-order valence-electron chi connectivity index (χ2n) is 6.04. The maximum Gasteiger partial charge on any atom is 0.264 e. The first-order chi connectivity index (χ1) is 12.3. The van der Waals surface area contributed by atoms with Gasteiger partial charge in [0.25, 0.3) is 15.9 Å². The zero-order chi connectivity index (χ0) is 18.9. The number of amides is 1. The van der Waals surface area contributed by atoms with Gasteiger partial charge in [0, 0.05) is 16.8 Å². The topological polar surface area (TPSA) is 85.2 Å². The maximum absolute atomic E-state index is 12.4. The van der Waals surface area contributed by atoms with E-state index in [2.05, 4.69) is 4.72 Å². The number of nitrogens with zero attached hydrogens (tertiary/aromatic N) is 1. The van der Waals surface area contributed by atoms with E-state index in [9.17, 15) is 18.0 Å². The number of nitrogens with one attached hydrogen (secondary N) is 1. The van der Waals surface area contributed by atoms with Crippen molar-refractivity contribution in [1.29, 1.82) is 0 Å². The summed E-state index contributed by atoms with van der Waals surface area (Å²) in [5.74, 6) is -0.898. The predicted octanol–water partition coefficient (Wildman–Crippen LogP) is 2.66. The summed E-state index contributed by atoms with van der Waals surface area (Å²) in [4.78, 5) is 23.7. The van der Waals surface area contributed by atoms with Crippen molar-refractivity contribution in [2.45, 2.75) is 25.3 Å². The Morgan fingerprint density at radius 1 is 1.04 bits per heavy atom. The molecule has 0 spiro atoms. The number of carbonyl (C=O) groups is 2. The van der Waals surface area contributed by atoms with E-state index in [1.165, 1.54) is 31.2 Å². The zero-order valence-electron chi connectivity index (χ0n) is 14.4. The molecule has 0 fully saturated rings. The number of para-hydroxylation sites is 1. The lowest BCUT2D eigenvalue weighted by atomic mass is 10.2. The highest BCUT2D eigenvalue weighted by Crippen LogP contribution is 2.19. The molecule has 3 aromatic rings. The van der Waals surface area contributed by atoms with Gasteiger partial charge in [-0.2, -0.15) is 0 Å². The van der Waals surface area contributed by atoms with Crippen LogP contribution in [-0.2, 0) is 21.4 Å². The number of benzene rings is 2. The summed E-state index contributed by atoms with van der Waals surface area (Å²) in [7, 11) is -4.05. The molecule has 0 aliphatic carbocycles. The maximum atomic E-state index is 12.4. The average Bonchev–Trinajstić information content (AvgIpc) is 2.90. The van der Waals surface area contributed by atoms with Gasteiger partial charge in [0.1, 0.15) is 6.54 Å². The number of carbonyl (C=O) groups excluding carboxylic acids is 2. The van der Waals surface area contributed by atoms with Gasteiger partial charge in [0.15, 0.2) is 5.78 Å². The Labute approximate surface area is 151 Å². The van der Waals surface area contributed by atoms with E-state index in [1.54, 1.807) is 4.57 Å². The molecule has 0 bridgehead atoms. The van der Waals surface area contributed by atoms with Crippen LogP contribution in [0.15, 0.2) is 59.5 Å². The number of sulfonamides is 1. The van der Waals surface area contributed by atoms with Crippen molar-refractivity contribution in [2.75, 3.05) is 0 Å². The zero-order valence-corrected chi connectivity index (χ0v) is 15.2. The molecule has 0 aliphatic rings. The third kappa shape index (κ3) is 3.52. The highest BCUT2D eigenvalue weighted by atomic mass is 32.2. The second-order valence-corrected chi connectivity index (χ2v) is 7.73. The molecule has 26 heavy (non-hydrogen) atoms. The minimum atomic E-state index is -4.05. The van der Waals surface area contributed by atoms with Crippen molar-refractivity contribution >= 4 is 32.6 Å². The number of rotatable bonds is 5. The molecule has 3 rings (SSSR count). The van der Waals surface area contributed by atoms with Crippen molar-refractivity contribution in [1.82, 2.24) is 9.29 Å². The van der Waals surface area contributed by atoms with Crippen LogP contribution in [0.4, 0.5) is 0 Å². The Bertz CT molecular complexity index is 1110. The molecule has 0 unspecified atom stereocenters. The molecule has 1 aromatic heterocycles. The van der Waals surface area contributed by atoms with E-state index >= 15 is 0 Å². The monoisotopic (exact) mass is 370 g/mol. The van der Waals surface area contributed by atoms with Crippen LogP contribution in [0, 0.1) is 6.92 Å². The standard InChI is InChI=1S/C19H18N2O4S/c1-13-10-16-6-3-4-9-18(16)21(13)12-19(23)20-26(24,25)17-8-5-7-15(11-17)14(2)22/h3-11H,12H2,1-2H3,(H,20,23). The lowest BCUT2D eigenvalue weighted by Gasteiger charge is -2.10. The third-order valence-corrected chi connectivity index (χ3v) is 5.49. The number of fused-ring (bicyclic) bond motifs is 1. The van der Waals surface area contributed by atoms with Crippen molar-refractivity contribution in [3.8, 4) is 0 Å². The Kier molecular flexibility index (Phi) is 4.65. The number of ketones is 1. The molecule has 7 heteroatoms. The third-order valence-electron chi connectivity index (χ3n) is 4.12. The quantitative estimate of drug-likeness (QED) is 0.700. The van der Waals surface area contributed by atoms with Gasteiger partial charge in [-0.05, 0) is 43.5 Å². The summed E-state index contributed by atoms with van der Waals surface area (Å²) in [6, 6.07) is 15.1. The van der Waals surface area contributed by atoms with E-state index < -0.39 is 15.9 Å². The summed E-state index contributed by atoms with van der Waals surface area (Å²) in [5, 5.41) is 0.981. The van der Waals surface area contributed by atoms with Crippen molar-refractivity contribution in [3.63, 3.8) is 0 Å². The molecule has 0 aliphatic heterocycles. The van der Waals surface area contributed by atoms with Crippen LogP contribution in [0.5, 0.6) is 0 Å². The molecule has 0 saturated heterocycles. The van der Waals surface area contributed by atoms with Crippen LogP contribution in [-0.4, -0.2) is 24.7 Å². The largest absolute Gasteiger partial charge is 0.335 e. The summed E-state index contributed by atoms with van der Waals surface area (Å²) in [5.41, 5.74) is 1.99. The van der Waals surface area contributed by atoms with E-state index in [1.807, 2.05) is 37.3 Å². The molecule has 1 amide bonds. The summed E-state index contributed by atoms with van der Waals surface area (Å²) in [6.07, 6.45) is 0. The minimum absolute atomic E-state index is 0.118. The van der Waals surface area contributed by atoms with E-state index in [0.717, 1.165) is 16.6 Å². The van der Waals surface area contributed by atoms with Crippen molar-refractivity contribution < 1.29 is 18.0 Å². The van der Waals surface area contributed by atoms with E-state index in [-0.39, 0.29) is 22.8 Å². The number of aromatic nitrogens is 1. The second kappa shape index (κ2) is 6.76. The Morgan fingerprint density at radius 3 is 2.50 bits per heavy atom. The van der Waals surface area contributed by atoms with Crippen molar-refractivity contribution in [3.05, 3.63) is 65.9 Å². The van der Waals surface area contributed by atoms with Gasteiger partial charge in [-0.25, -0.2) is 13.1 Å². The summed E-state index contributed by atoms with van der Waals surface area (Å²) in [6.45, 7) is 3.09. The van der Waals surface area contributed by atoms with Crippen LogP contribution < -0.4 is 4.72 Å². The first kappa shape index (κ1) is 17.9. The normalized spacial score (nSPS) is 11.5. The van der Waals surface area contributed by atoms with Crippen LogP contribution in [0.2, 0.25) is 0 Å². The molecule has 0 atom stereocenters. The fourth-order valence-corrected chi connectivity index (χ4v) is 3.85. The van der Waals surface area contributed by atoms with Crippen LogP contribution in [0.25, 0.3) is 10.9 Å². The summed E-state index contributed by atoms with van der Waals surface area (Å²) < 4.78 is 28.7. The van der Waals surface area contributed by atoms with Crippen LogP contribution in [0.1, 0.15) is 23.0 Å². The Balaban J connectivity index is 1.84. The molecular formula is C19H18N2O4S. The van der Waals surface area contributed by atoms with Gasteiger partial charge in [0.05, 0.1) is 4.90 Å². The number of hydrogen-bond acceptors (Lipinski definition) is 4. The molecule has 134 valence electrons. The smallest absolute Gasteiger partial charge is 0.264 e. The molecule has 0 radical (unpaired) electrons. The molecular weight excluding hydrogens is 352 g/mol. The predicted molar refractivity (Wildman–Crippen MR) is 98.5 cm³/mol. The Morgan fingerprint density at radius 2 is 1.77 bits per heavy atom. The average molecular weight is 370 g/mol. The van der Waals surface area contributed by atoms with Gasteiger partial charge < -0.3 is 4.57 Å². The van der Waals surface area contributed by atoms with Gasteiger partial charge in [0.2, 0.25) is 0 Å². The molecule has 1 heterocycles. The summed E-state index contributed by atoms with van der Waals surface area (Å²) >= 11 is 0. The van der Waals surface area contributed by atoms with Gasteiger partial charge in [-0.15, -0.1) is 0 Å². The number of hydrogen-bond donors (Lipinski definition) is 1. The molecule has 0 saturated carbocycles. The van der Waals surface area contributed by atoms with Crippen LogP contribution >= 0.6 is 0 Å². The van der Waals surface area contributed by atoms with Gasteiger partial charge >= 0.3 is 0 Å². The fraction of sp³-hybridized carbons (Fsp3) is 0.158. The lowest BCUT2D eigenvalue weighted by Crippen LogP contribution is -2.33.